The number of hydrogen-bond acceptors (Lipinski definition) is 5. The van der Waals surface area contributed by atoms with Gasteiger partial charge in [-0.1, -0.05) is 0 Å². The zero-order valence-electron chi connectivity index (χ0n) is 4.60. The van der Waals surface area contributed by atoms with Crippen molar-refractivity contribution in [3.8, 4) is 0 Å². The molecule has 8 heteroatoms. The zero-order chi connectivity index (χ0) is 7.49. The molecule has 0 aliphatic carbocycles. The first-order valence-corrected chi connectivity index (χ1v) is 3.79. The summed E-state index contributed by atoms with van der Waals surface area (Å²) in [5, 5.41) is 15.8. The molecule has 9 heavy (non-hydrogen) atoms. The topological polar surface area (TPSA) is 95.9 Å². The Morgan fingerprint density at radius 2 is 2.00 bits per heavy atom. The van der Waals surface area contributed by atoms with E-state index in [9.17, 15) is 8.42 Å². The second kappa shape index (κ2) is 3.13. The van der Waals surface area contributed by atoms with Gasteiger partial charge in [-0.25, -0.2) is 8.42 Å². The van der Waals surface area contributed by atoms with E-state index in [0.717, 1.165) is 6.26 Å². The molecule has 6 nitrogen and oxygen atoms in total. The minimum absolute atomic E-state index is 0.815. The zero-order valence-corrected chi connectivity index (χ0v) is 5.42. The summed E-state index contributed by atoms with van der Waals surface area (Å²) in [5.74, 6) is 0. The van der Waals surface area contributed by atoms with Crippen LogP contribution < -0.4 is 4.89 Å². The number of rotatable bonds is 3. The van der Waals surface area contributed by atoms with E-state index in [2.05, 4.69) is 4.76 Å². The third kappa shape index (κ3) is 7.85. The van der Waals surface area contributed by atoms with Crippen LogP contribution in [0.15, 0.2) is 0 Å². The van der Waals surface area contributed by atoms with Gasteiger partial charge in [-0.15, -0.1) is 4.89 Å². The fraction of sp³-hybridized carbons (Fsp3) is 1.00. The third-order valence-electron chi connectivity index (χ3n) is 0.305. The minimum Gasteiger partial charge on any atom is -0.401 e. The van der Waals surface area contributed by atoms with E-state index < -0.39 is 17.3 Å². The number of hydrogen-bond donors (Lipinski definition) is 3. The maximum absolute atomic E-state index is 10.1. The summed E-state index contributed by atoms with van der Waals surface area (Å²) in [7, 11) is -5.64. The molecule has 0 heterocycles. The van der Waals surface area contributed by atoms with E-state index in [0.29, 0.717) is 0 Å². The molecule has 0 rings (SSSR count). The summed E-state index contributed by atoms with van der Waals surface area (Å²) in [6, 6.07) is 0. The van der Waals surface area contributed by atoms with E-state index in [1.807, 2.05) is 0 Å². The molecule has 54 valence electrons. The number of nitrogens with one attached hydrogen (secondary N) is 1. The largest absolute Gasteiger partial charge is 0.652 e. The molecule has 0 amide bonds. The molecular weight excluding hydrogens is 149 g/mol. The van der Waals surface area contributed by atoms with E-state index in [-0.39, 0.29) is 0 Å². The van der Waals surface area contributed by atoms with Crippen molar-refractivity contribution in [2.45, 2.75) is 0 Å². The van der Waals surface area contributed by atoms with Gasteiger partial charge < -0.3 is 10.0 Å². The van der Waals surface area contributed by atoms with Crippen molar-refractivity contribution in [1.82, 2.24) is 4.89 Å². The average Bonchev–Trinajstić information content (AvgIpc) is 1.59. The van der Waals surface area contributed by atoms with Gasteiger partial charge in [0.15, 0.2) is 0 Å². The highest BCUT2D eigenvalue weighted by molar-refractivity contribution is 7.88. The molecule has 0 saturated carbocycles. The Labute approximate surface area is 52.6 Å². The van der Waals surface area contributed by atoms with Crippen molar-refractivity contribution in [3.05, 3.63) is 0 Å². The maximum atomic E-state index is 10.1. The second-order valence-corrected chi connectivity index (χ2v) is 3.01. The third-order valence-corrected chi connectivity index (χ3v) is 0.704. The first-order valence-electron chi connectivity index (χ1n) is 1.90. The molecule has 3 N–H and O–H groups in total. The Kier molecular flexibility index (Phi) is 3.08. The van der Waals surface area contributed by atoms with Crippen molar-refractivity contribution in [2.75, 3.05) is 6.26 Å². The van der Waals surface area contributed by atoms with Gasteiger partial charge in [0.1, 0.15) is 0 Å². The van der Waals surface area contributed by atoms with Crippen LogP contribution in [-0.2, 0) is 14.8 Å². The predicted molar refractivity (Wildman–Crippen MR) is 29.3 cm³/mol. The minimum atomic E-state index is -3.51. The highest BCUT2D eigenvalue weighted by Gasteiger charge is 2.11. The quantitative estimate of drug-likeness (QED) is 0.307. The second-order valence-electron chi connectivity index (χ2n) is 1.30. The van der Waals surface area contributed by atoms with Crippen LogP contribution >= 0.6 is 0 Å². The highest BCUT2D eigenvalue weighted by Crippen LogP contribution is 1.74. The molecule has 0 atom stereocenters. The lowest BCUT2D eigenvalue weighted by molar-refractivity contribution is 0.155. The van der Waals surface area contributed by atoms with Crippen LogP contribution in [0.3, 0.4) is 0 Å². The van der Waals surface area contributed by atoms with Gasteiger partial charge in [0.05, 0.1) is 6.26 Å². The van der Waals surface area contributed by atoms with Crippen LogP contribution in [0.5, 0.6) is 0 Å². The van der Waals surface area contributed by atoms with Gasteiger partial charge in [-0.3, -0.25) is 4.76 Å². The van der Waals surface area contributed by atoms with E-state index in [1.54, 1.807) is 0 Å². The van der Waals surface area contributed by atoms with Gasteiger partial charge in [0.25, 0.3) is 0 Å². The molecule has 0 radical (unpaired) electrons. The average molecular weight is 155 g/mol. The van der Waals surface area contributed by atoms with Gasteiger partial charge in [0, 0.05) is 0 Å². The fourth-order valence-corrected chi connectivity index (χ4v) is 0.391. The Morgan fingerprint density at radius 1 is 1.56 bits per heavy atom. The Balaban J connectivity index is 3.53. The normalized spacial score (nSPS) is 11.4. The molecule has 0 fully saturated rings. The van der Waals surface area contributed by atoms with Gasteiger partial charge >= 0.3 is 7.32 Å². The Hall–Kier alpha value is -0.145. The standard InChI is InChI=1S/CH6BNO5S/c1-9(6,7)3-8-2(4)5/h3-5H,1H3. The van der Waals surface area contributed by atoms with Gasteiger partial charge in [-0.05, 0) is 0 Å². The van der Waals surface area contributed by atoms with Crippen LogP contribution in [0.1, 0.15) is 0 Å². The van der Waals surface area contributed by atoms with E-state index in [1.165, 1.54) is 4.89 Å². The summed E-state index contributed by atoms with van der Waals surface area (Å²) in [6.07, 6.45) is 0.815. The molecule has 0 aromatic rings. The van der Waals surface area contributed by atoms with Gasteiger partial charge in [0.2, 0.25) is 10.0 Å². The van der Waals surface area contributed by atoms with E-state index in [4.69, 9.17) is 10.0 Å². The van der Waals surface area contributed by atoms with Crippen LogP contribution in [-0.4, -0.2) is 32.0 Å². The molecule has 0 aliphatic heterocycles. The molecule has 0 bridgehead atoms. The summed E-state index contributed by atoms with van der Waals surface area (Å²) in [5.41, 5.74) is 0. The highest BCUT2D eigenvalue weighted by atomic mass is 32.2. The van der Waals surface area contributed by atoms with Crippen molar-refractivity contribution in [1.29, 1.82) is 0 Å². The molecule has 0 spiro atoms. The summed E-state index contributed by atoms with van der Waals surface area (Å²) in [6.45, 7) is 0. The molecule has 0 saturated heterocycles. The molecule has 0 unspecified atom stereocenters. The molecular formula is CH6BNO5S. The van der Waals surface area contributed by atoms with Crippen LogP contribution in [0.2, 0.25) is 0 Å². The SMILES string of the molecule is CS(=O)(=O)NOB(O)O. The predicted octanol–water partition coefficient (Wildman–Crippen LogP) is -2.56. The van der Waals surface area contributed by atoms with E-state index >= 15 is 0 Å². The first-order chi connectivity index (χ1) is 3.92. The smallest absolute Gasteiger partial charge is 0.401 e. The van der Waals surface area contributed by atoms with Crippen LogP contribution in [0.25, 0.3) is 0 Å². The Bertz CT molecular complexity index is 162. The lowest BCUT2D eigenvalue weighted by atomic mass is 10.3. The van der Waals surface area contributed by atoms with Crippen LogP contribution in [0, 0.1) is 0 Å². The fourth-order valence-electron chi connectivity index (χ4n) is 0.130. The number of sulfonamides is 1. The van der Waals surface area contributed by atoms with Crippen molar-refractivity contribution in [3.63, 3.8) is 0 Å². The van der Waals surface area contributed by atoms with Crippen molar-refractivity contribution < 1.29 is 23.2 Å². The lowest BCUT2D eigenvalue weighted by Gasteiger charge is -1.99. The van der Waals surface area contributed by atoms with Gasteiger partial charge in [-0.2, -0.15) is 0 Å². The maximum Gasteiger partial charge on any atom is 0.652 e. The summed E-state index contributed by atoms with van der Waals surface area (Å²) >= 11 is 0. The Morgan fingerprint density at radius 3 is 2.11 bits per heavy atom. The summed E-state index contributed by atoms with van der Waals surface area (Å²) in [4.78, 5) is 1.39. The molecule has 0 aromatic heterocycles. The molecule has 0 aromatic carbocycles. The lowest BCUT2D eigenvalue weighted by Crippen LogP contribution is -2.31. The van der Waals surface area contributed by atoms with Crippen molar-refractivity contribution >= 4 is 17.3 Å². The van der Waals surface area contributed by atoms with Crippen molar-refractivity contribution in [2.24, 2.45) is 0 Å². The molecule has 0 aliphatic rings. The summed E-state index contributed by atoms with van der Waals surface area (Å²) < 4.78 is 23.8. The monoisotopic (exact) mass is 155 g/mol. The van der Waals surface area contributed by atoms with Crippen LogP contribution in [0.4, 0.5) is 0 Å². The first kappa shape index (κ1) is 8.85.